The lowest BCUT2D eigenvalue weighted by Crippen LogP contribution is -2.09. The van der Waals surface area contributed by atoms with Gasteiger partial charge in [0.15, 0.2) is 5.76 Å². The Balaban J connectivity index is 1.64. The highest BCUT2D eigenvalue weighted by molar-refractivity contribution is 6.15. The van der Waals surface area contributed by atoms with Gasteiger partial charge in [0, 0.05) is 23.5 Å². The Hall–Kier alpha value is -3.93. The van der Waals surface area contributed by atoms with Gasteiger partial charge in [-0.2, -0.15) is 0 Å². The number of para-hydroxylation sites is 1. The van der Waals surface area contributed by atoms with E-state index < -0.39 is 5.97 Å². The minimum atomic E-state index is -0.532. The molecule has 0 unspecified atom stereocenters. The van der Waals surface area contributed by atoms with Crippen molar-refractivity contribution in [2.75, 3.05) is 7.11 Å². The SMILES string of the molecule is COc1ccccc1/C=C1\Oc2c(ccc(OC(=O)c3cccnc3)c2C)C1=O. The van der Waals surface area contributed by atoms with E-state index in [1.165, 1.54) is 6.20 Å². The van der Waals surface area contributed by atoms with Gasteiger partial charge in [-0.1, -0.05) is 18.2 Å². The minimum Gasteiger partial charge on any atom is -0.496 e. The molecule has 0 amide bonds. The van der Waals surface area contributed by atoms with Crippen LogP contribution < -0.4 is 14.2 Å². The Morgan fingerprint density at radius 1 is 1.07 bits per heavy atom. The predicted molar refractivity (Wildman–Crippen MR) is 106 cm³/mol. The normalized spacial score (nSPS) is 13.7. The number of aromatic nitrogens is 1. The topological polar surface area (TPSA) is 74.7 Å². The van der Waals surface area contributed by atoms with E-state index in [9.17, 15) is 9.59 Å². The highest BCUT2D eigenvalue weighted by Gasteiger charge is 2.30. The third kappa shape index (κ3) is 3.48. The predicted octanol–water partition coefficient (Wildman–Crippen LogP) is 4.23. The van der Waals surface area contributed by atoms with E-state index in [0.29, 0.717) is 33.9 Å². The standard InChI is InChI=1S/C23H17NO5/c1-14-18(29-23(26)16-7-5-11-24-13-16)10-9-17-21(25)20(28-22(14)17)12-15-6-3-4-8-19(15)27-2/h3-13H,1-2H3/b20-12-. The molecule has 6 heteroatoms. The lowest BCUT2D eigenvalue weighted by Gasteiger charge is -2.10. The number of fused-ring (bicyclic) bond motifs is 1. The average Bonchev–Trinajstić information content (AvgIpc) is 3.07. The van der Waals surface area contributed by atoms with Crippen molar-refractivity contribution in [1.29, 1.82) is 0 Å². The molecule has 2 aromatic carbocycles. The number of carbonyl (C=O) groups is 2. The molecule has 4 rings (SSSR count). The number of rotatable bonds is 4. The number of carbonyl (C=O) groups excluding carboxylic acids is 2. The van der Waals surface area contributed by atoms with E-state index >= 15 is 0 Å². The molecular formula is C23H17NO5. The van der Waals surface area contributed by atoms with Gasteiger partial charge in [0.25, 0.3) is 0 Å². The fourth-order valence-electron chi connectivity index (χ4n) is 3.05. The second-order valence-electron chi connectivity index (χ2n) is 6.38. The molecule has 144 valence electrons. The largest absolute Gasteiger partial charge is 0.496 e. The molecule has 0 fully saturated rings. The minimum absolute atomic E-state index is 0.184. The number of esters is 1. The monoisotopic (exact) mass is 387 g/mol. The van der Waals surface area contributed by atoms with Crippen molar-refractivity contribution in [3.05, 3.63) is 88.9 Å². The number of pyridine rings is 1. The van der Waals surface area contributed by atoms with Gasteiger partial charge in [0.05, 0.1) is 18.2 Å². The summed E-state index contributed by atoms with van der Waals surface area (Å²) in [6.07, 6.45) is 4.65. The van der Waals surface area contributed by atoms with Crippen molar-refractivity contribution in [3.8, 4) is 17.2 Å². The Kier molecular flexibility index (Phi) is 4.83. The van der Waals surface area contributed by atoms with Crippen molar-refractivity contribution >= 4 is 17.8 Å². The number of Topliss-reactive ketones (excluding diaryl/α,β-unsaturated/α-hetero) is 1. The number of ketones is 1. The highest BCUT2D eigenvalue weighted by Crippen LogP contribution is 2.39. The Morgan fingerprint density at radius 3 is 2.66 bits per heavy atom. The molecule has 1 aromatic heterocycles. The third-order valence-electron chi connectivity index (χ3n) is 4.56. The molecular weight excluding hydrogens is 370 g/mol. The first-order valence-electron chi connectivity index (χ1n) is 8.91. The number of allylic oxidation sites excluding steroid dienone is 1. The molecule has 1 aliphatic rings. The van der Waals surface area contributed by atoms with Crippen LogP contribution in [-0.4, -0.2) is 23.8 Å². The van der Waals surface area contributed by atoms with Gasteiger partial charge in [-0.25, -0.2) is 4.79 Å². The number of ether oxygens (including phenoxy) is 3. The van der Waals surface area contributed by atoms with Gasteiger partial charge in [-0.3, -0.25) is 9.78 Å². The van der Waals surface area contributed by atoms with Crippen LogP contribution in [0.25, 0.3) is 6.08 Å². The summed E-state index contributed by atoms with van der Waals surface area (Å²) in [7, 11) is 1.57. The molecule has 0 atom stereocenters. The zero-order chi connectivity index (χ0) is 20.4. The van der Waals surface area contributed by atoms with E-state index in [4.69, 9.17) is 14.2 Å². The van der Waals surface area contributed by atoms with Crippen molar-refractivity contribution in [1.82, 2.24) is 4.98 Å². The maximum Gasteiger partial charge on any atom is 0.345 e. The van der Waals surface area contributed by atoms with Crippen LogP contribution in [0.5, 0.6) is 17.2 Å². The van der Waals surface area contributed by atoms with Crippen LogP contribution in [-0.2, 0) is 0 Å². The van der Waals surface area contributed by atoms with E-state index in [1.807, 2.05) is 18.2 Å². The lowest BCUT2D eigenvalue weighted by atomic mass is 10.1. The van der Waals surface area contributed by atoms with Gasteiger partial charge in [-0.05, 0) is 43.3 Å². The van der Waals surface area contributed by atoms with Crippen molar-refractivity contribution < 1.29 is 23.8 Å². The van der Waals surface area contributed by atoms with Crippen LogP contribution in [0.1, 0.15) is 31.8 Å². The summed E-state index contributed by atoms with van der Waals surface area (Å²) in [5, 5.41) is 0. The molecule has 2 heterocycles. The maximum absolute atomic E-state index is 12.8. The Morgan fingerprint density at radius 2 is 1.90 bits per heavy atom. The molecule has 0 aliphatic carbocycles. The van der Waals surface area contributed by atoms with Crippen molar-refractivity contribution in [3.63, 3.8) is 0 Å². The van der Waals surface area contributed by atoms with Gasteiger partial charge < -0.3 is 14.2 Å². The quantitative estimate of drug-likeness (QED) is 0.379. The van der Waals surface area contributed by atoms with E-state index in [-0.39, 0.29) is 11.5 Å². The van der Waals surface area contributed by atoms with Crippen LogP contribution in [0.3, 0.4) is 0 Å². The number of nitrogens with zero attached hydrogens (tertiary/aromatic N) is 1. The summed E-state index contributed by atoms with van der Waals surface area (Å²) in [6, 6.07) is 13.8. The summed E-state index contributed by atoms with van der Waals surface area (Å²) in [5.41, 5.74) is 2.05. The zero-order valence-corrected chi connectivity index (χ0v) is 15.8. The number of hydrogen-bond acceptors (Lipinski definition) is 6. The maximum atomic E-state index is 12.8. The second kappa shape index (κ2) is 7.59. The molecule has 0 spiro atoms. The van der Waals surface area contributed by atoms with Crippen molar-refractivity contribution in [2.24, 2.45) is 0 Å². The summed E-state index contributed by atoms with van der Waals surface area (Å²) < 4.78 is 16.6. The van der Waals surface area contributed by atoms with E-state index in [2.05, 4.69) is 4.98 Å². The molecule has 29 heavy (non-hydrogen) atoms. The van der Waals surface area contributed by atoms with Crippen LogP contribution in [0, 0.1) is 6.92 Å². The highest BCUT2D eigenvalue weighted by atomic mass is 16.5. The van der Waals surface area contributed by atoms with E-state index in [1.54, 1.807) is 56.6 Å². The first kappa shape index (κ1) is 18.4. The fraction of sp³-hybridized carbons (Fsp3) is 0.0870. The Labute approximate surface area is 167 Å². The molecule has 1 aliphatic heterocycles. The fourth-order valence-corrected chi connectivity index (χ4v) is 3.05. The summed E-state index contributed by atoms with van der Waals surface area (Å²) in [6.45, 7) is 1.74. The molecule has 0 saturated carbocycles. The first-order valence-corrected chi connectivity index (χ1v) is 8.91. The smallest absolute Gasteiger partial charge is 0.345 e. The molecule has 0 bridgehead atoms. The van der Waals surface area contributed by atoms with E-state index in [0.717, 1.165) is 5.56 Å². The summed E-state index contributed by atoms with van der Waals surface area (Å²) in [5.74, 6) is 0.754. The van der Waals surface area contributed by atoms with Crippen LogP contribution >= 0.6 is 0 Å². The van der Waals surface area contributed by atoms with Gasteiger partial charge in [0.1, 0.15) is 17.2 Å². The van der Waals surface area contributed by atoms with Crippen LogP contribution in [0.4, 0.5) is 0 Å². The Bertz CT molecular complexity index is 1140. The number of hydrogen-bond donors (Lipinski definition) is 0. The molecule has 6 nitrogen and oxygen atoms in total. The first-order chi connectivity index (χ1) is 14.1. The van der Waals surface area contributed by atoms with Gasteiger partial charge in [-0.15, -0.1) is 0 Å². The summed E-state index contributed by atoms with van der Waals surface area (Å²) in [4.78, 5) is 29.0. The summed E-state index contributed by atoms with van der Waals surface area (Å²) >= 11 is 0. The third-order valence-corrected chi connectivity index (χ3v) is 4.56. The lowest BCUT2D eigenvalue weighted by molar-refractivity contribution is 0.0732. The molecule has 0 N–H and O–H groups in total. The zero-order valence-electron chi connectivity index (χ0n) is 15.8. The van der Waals surface area contributed by atoms with Crippen LogP contribution in [0.15, 0.2) is 66.7 Å². The second-order valence-corrected chi connectivity index (χ2v) is 6.38. The van der Waals surface area contributed by atoms with Gasteiger partial charge in [0.2, 0.25) is 5.78 Å². The number of benzene rings is 2. The van der Waals surface area contributed by atoms with Crippen molar-refractivity contribution in [2.45, 2.75) is 6.92 Å². The van der Waals surface area contributed by atoms with Gasteiger partial charge >= 0.3 is 5.97 Å². The number of methoxy groups -OCH3 is 1. The molecule has 0 saturated heterocycles. The average molecular weight is 387 g/mol. The molecule has 3 aromatic rings. The molecule has 0 radical (unpaired) electrons. The van der Waals surface area contributed by atoms with Crippen LogP contribution in [0.2, 0.25) is 0 Å².